The number of hydrazone groups is 1. The van der Waals surface area contributed by atoms with Gasteiger partial charge in [0.2, 0.25) is 11.8 Å². The number of carbonyl (C=O) groups excluding carboxylic acids is 3. The van der Waals surface area contributed by atoms with Gasteiger partial charge in [0.15, 0.2) is 18.1 Å². The van der Waals surface area contributed by atoms with Crippen molar-refractivity contribution in [1.82, 2.24) is 5.43 Å². The third-order valence-corrected chi connectivity index (χ3v) is 4.83. The van der Waals surface area contributed by atoms with Gasteiger partial charge in [-0.1, -0.05) is 0 Å². The van der Waals surface area contributed by atoms with Crippen molar-refractivity contribution in [3.8, 4) is 17.2 Å². The average molecular weight is 536 g/mol. The van der Waals surface area contributed by atoms with E-state index in [-0.39, 0.29) is 25.4 Å². The molecule has 2 N–H and O–H groups in total. The molecule has 2 rings (SSSR count). The van der Waals surface area contributed by atoms with Crippen LogP contribution in [0, 0.1) is 0 Å². The lowest BCUT2D eigenvalue weighted by Crippen LogP contribution is -2.20. The Labute approximate surface area is 205 Å². The molecule has 11 heteroatoms. The van der Waals surface area contributed by atoms with Crippen molar-refractivity contribution in [3.63, 3.8) is 0 Å². The number of hydrogen-bond acceptors (Lipinski definition) is 8. The van der Waals surface area contributed by atoms with Crippen LogP contribution in [0.5, 0.6) is 17.2 Å². The highest BCUT2D eigenvalue weighted by molar-refractivity contribution is 9.10. The molecule has 0 saturated heterocycles. The first-order valence-corrected chi connectivity index (χ1v) is 11.1. The first-order valence-electron chi connectivity index (χ1n) is 10.3. The fraction of sp³-hybridized carbons (Fsp3) is 0.304. The second-order valence-corrected chi connectivity index (χ2v) is 7.55. The van der Waals surface area contributed by atoms with E-state index in [1.165, 1.54) is 20.4 Å². The van der Waals surface area contributed by atoms with Crippen LogP contribution < -0.4 is 25.0 Å². The molecular weight excluding hydrogens is 510 g/mol. The summed E-state index contributed by atoms with van der Waals surface area (Å²) in [5, 5.41) is 6.62. The zero-order valence-electron chi connectivity index (χ0n) is 19.1. The van der Waals surface area contributed by atoms with Crippen molar-refractivity contribution < 1.29 is 33.3 Å². The summed E-state index contributed by atoms with van der Waals surface area (Å²) in [7, 11) is 2.72. The molecule has 0 atom stereocenters. The molecule has 0 bridgehead atoms. The minimum absolute atomic E-state index is 0.000165. The number of ether oxygens (including phenoxy) is 4. The van der Waals surface area contributed by atoms with Gasteiger partial charge >= 0.3 is 5.97 Å². The largest absolute Gasteiger partial charge is 0.494 e. The van der Waals surface area contributed by atoms with E-state index < -0.39 is 11.9 Å². The minimum Gasteiger partial charge on any atom is -0.494 e. The lowest BCUT2D eigenvalue weighted by molar-refractivity contribution is -0.143. The van der Waals surface area contributed by atoms with Crippen molar-refractivity contribution in [2.75, 3.05) is 32.8 Å². The Morgan fingerprint density at radius 2 is 1.74 bits per heavy atom. The van der Waals surface area contributed by atoms with Gasteiger partial charge in [0.05, 0.1) is 31.5 Å². The number of benzene rings is 2. The number of carbonyl (C=O) groups is 3. The number of nitrogens with one attached hydrogen (secondary N) is 2. The van der Waals surface area contributed by atoms with Crippen LogP contribution in [0.15, 0.2) is 46.0 Å². The Balaban J connectivity index is 1.84. The Hall–Kier alpha value is -3.60. The first kappa shape index (κ1) is 26.7. The maximum absolute atomic E-state index is 12.1. The van der Waals surface area contributed by atoms with E-state index in [2.05, 4.69) is 36.5 Å². The maximum Gasteiger partial charge on any atom is 0.343 e. The van der Waals surface area contributed by atoms with Gasteiger partial charge in [-0.15, -0.1) is 0 Å². The molecule has 0 fully saturated rings. The first-order chi connectivity index (χ1) is 16.4. The summed E-state index contributed by atoms with van der Waals surface area (Å²) in [6.07, 6.45) is 1.38. The molecule has 0 aliphatic rings. The van der Waals surface area contributed by atoms with Gasteiger partial charge in [0.25, 0.3) is 0 Å². The van der Waals surface area contributed by atoms with Gasteiger partial charge in [0.1, 0.15) is 5.75 Å². The second-order valence-electron chi connectivity index (χ2n) is 6.70. The van der Waals surface area contributed by atoms with Crippen LogP contribution in [0.2, 0.25) is 0 Å². The highest BCUT2D eigenvalue weighted by Gasteiger charge is 2.13. The van der Waals surface area contributed by atoms with Crippen LogP contribution in [0.25, 0.3) is 0 Å². The molecule has 182 valence electrons. The fourth-order valence-electron chi connectivity index (χ4n) is 2.63. The number of esters is 1. The monoisotopic (exact) mass is 535 g/mol. The van der Waals surface area contributed by atoms with E-state index in [4.69, 9.17) is 14.2 Å². The Morgan fingerprint density at radius 1 is 1.03 bits per heavy atom. The molecule has 0 aliphatic heterocycles. The molecule has 0 unspecified atom stereocenters. The number of anilines is 1. The lowest BCUT2D eigenvalue weighted by Gasteiger charge is -2.12. The highest BCUT2D eigenvalue weighted by atomic mass is 79.9. The molecule has 0 aromatic heterocycles. The molecule has 0 aliphatic carbocycles. The molecule has 2 amide bonds. The number of rotatable bonds is 12. The Kier molecular flexibility index (Phi) is 10.8. The molecule has 0 heterocycles. The average Bonchev–Trinajstić information content (AvgIpc) is 2.83. The van der Waals surface area contributed by atoms with Gasteiger partial charge in [-0.2, -0.15) is 5.10 Å². The summed E-state index contributed by atoms with van der Waals surface area (Å²) in [5.41, 5.74) is 3.59. The van der Waals surface area contributed by atoms with Crippen LogP contribution >= 0.6 is 15.9 Å². The van der Waals surface area contributed by atoms with E-state index >= 15 is 0 Å². The Bertz CT molecular complexity index is 1030. The quantitative estimate of drug-likeness (QED) is 0.242. The predicted molar refractivity (Wildman–Crippen MR) is 129 cm³/mol. The zero-order chi connectivity index (χ0) is 24.9. The molecule has 0 radical (unpaired) electrons. The smallest absolute Gasteiger partial charge is 0.343 e. The summed E-state index contributed by atoms with van der Waals surface area (Å²) in [4.78, 5) is 35.4. The van der Waals surface area contributed by atoms with Gasteiger partial charge in [-0.05, 0) is 64.8 Å². The molecule has 10 nitrogen and oxygen atoms in total. The van der Waals surface area contributed by atoms with Gasteiger partial charge in [-0.25, -0.2) is 10.2 Å². The predicted octanol–water partition coefficient (Wildman–Crippen LogP) is 3.28. The number of hydrogen-bond donors (Lipinski definition) is 2. The summed E-state index contributed by atoms with van der Waals surface area (Å²) >= 11 is 3.35. The Morgan fingerprint density at radius 3 is 2.38 bits per heavy atom. The van der Waals surface area contributed by atoms with Crippen molar-refractivity contribution in [2.24, 2.45) is 5.10 Å². The van der Waals surface area contributed by atoms with Crippen LogP contribution in [0.3, 0.4) is 0 Å². The van der Waals surface area contributed by atoms with Crippen molar-refractivity contribution >= 4 is 45.6 Å². The van der Waals surface area contributed by atoms with E-state index in [0.29, 0.717) is 39.6 Å². The van der Waals surface area contributed by atoms with E-state index in [1.54, 1.807) is 36.4 Å². The van der Waals surface area contributed by atoms with E-state index in [0.717, 1.165) is 0 Å². The summed E-state index contributed by atoms with van der Waals surface area (Å²) in [5.74, 6) is 0.160. The van der Waals surface area contributed by atoms with Crippen LogP contribution in [0.1, 0.15) is 25.3 Å². The van der Waals surface area contributed by atoms with Crippen molar-refractivity contribution in [1.29, 1.82) is 0 Å². The minimum atomic E-state index is -0.532. The number of nitrogens with zero attached hydrogens (tertiary/aromatic N) is 1. The normalized spacial score (nSPS) is 10.5. The topological polar surface area (TPSA) is 125 Å². The van der Waals surface area contributed by atoms with Gasteiger partial charge in [0, 0.05) is 18.5 Å². The number of amides is 2. The standard InChI is InChI=1S/C23H26BrN3O7/c1-4-33-17-7-5-16(6-8-17)26-20(28)9-10-21(29)27-25-13-15-11-18(24)23(19(12-15)31-2)34-14-22(30)32-3/h5-8,11-13H,4,9-10,14H2,1-3H3,(H,26,28)(H,27,29). The third kappa shape index (κ3) is 8.74. The van der Waals surface area contributed by atoms with Gasteiger partial charge < -0.3 is 24.3 Å². The SMILES string of the molecule is CCOc1ccc(NC(=O)CCC(=O)NN=Cc2cc(Br)c(OCC(=O)OC)c(OC)c2)cc1. The maximum atomic E-state index is 12.1. The third-order valence-electron chi connectivity index (χ3n) is 4.24. The van der Waals surface area contributed by atoms with E-state index in [9.17, 15) is 14.4 Å². The second kappa shape index (κ2) is 13.8. The van der Waals surface area contributed by atoms with Crippen molar-refractivity contribution in [3.05, 3.63) is 46.4 Å². The molecule has 0 spiro atoms. The summed E-state index contributed by atoms with van der Waals surface area (Å²) in [6.45, 7) is 2.17. The molecule has 2 aromatic rings. The summed E-state index contributed by atoms with van der Waals surface area (Å²) in [6, 6.07) is 10.3. The van der Waals surface area contributed by atoms with Crippen molar-refractivity contribution in [2.45, 2.75) is 19.8 Å². The number of halogens is 1. The lowest BCUT2D eigenvalue weighted by atomic mass is 10.2. The van der Waals surface area contributed by atoms with Crippen LogP contribution in [-0.4, -0.2) is 51.4 Å². The molecule has 0 saturated carbocycles. The fourth-order valence-corrected chi connectivity index (χ4v) is 3.21. The highest BCUT2D eigenvalue weighted by Crippen LogP contribution is 2.36. The molecule has 34 heavy (non-hydrogen) atoms. The summed E-state index contributed by atoms with van der Waals surface area (Å²) < 4.78 is 21.1. The molecule has 2 aromatic carbocycles. The van der Waals surface area contributed by atoms with Gasteiger partial charge in [-0.3, -0.25) is 9.59 Å². The van der Waals surface area contributed by atoms with Crippen LogP contribution in [-0.2, 0) is 19.1 Å². The van der Waals surface area contributed by atoms with Crippen LogP contribution in [0.4, 0.5) is 5.69 Å². The molecular formula is C23H26BrN3O7. The number of methoxy groups -OCH3 is 2. The van der Waals surface area contributed by atoms with E-state index in [1.807, 2.05) is 6.92 Å². The zero-order valence-corrected chi connectivity index (χ0v) is 20.6.